The molecule has 6 rings (SSSR count). The summed E-state index contributed by atoms with van der Waals surface area (Å²) in [5, 5.41) is 0. The predicted octanol–water partition coefficient (Wildman–Crippen LogP) is 4.59. The van der Waals surface area contributed by atoms with Gasteiger partial charge in [0.05, 0.1) is 5.41 Å². The molecule has 152 valence electrons. The van der Waals surface area contributed by atoms with Gasteiger partial charge in [0.1, 0.15) is 5.75 Å². The van der Waals surface area contributed by atoms with Gasteiger partial charge in [0.2, 0.25) is 0 Å². The number of ether oxygens (including phenoxy) is 2. The molecule has 1 atom stereocenters. The fraction of sp³-hybridized carbons (Fsp3) is 0.696. The molecule has 1 heterocycles. The summed E-state index contributed by atoms with van der Waals surface area (Å²) in [7, 11) is 1.70. The van der Waals surface area contributed by atoms with Gasteiger partial charge in [-0.05, 0) is 88.7 Å². The van der Waals surface area contributed by atoms with Crippen LogP contribution in [0, 0.1) is 29.1 Å². The van der Waals surface area contributed by atoms with Gasteiger partial charge in [0.15, 0.2) is 5.60 Å². The van der Waals surface area contributed by atoms with Crippen molar-refractivity contribution in [3.8, 4) is 5.75 Å². The van der Waals surface area contributed by atoms with Crippen molar-refractivity contribution in [1.82, 2.24) is 0 Å². The Labute approximate surface area is 166 Å². The maximum Gasteiger partial charge on any atom is 0.316 e. The summed E-state index contributed by atoms with van der Waals surface area (Å²) >= 11 is 0. The van der Waals surface area contributed by atoms with Crippen LogP contribution in [0.15, 0.2) is 24.3 Å². The summed E-state index contributed by atoms with van der Waals surface area (Å²) in [6, 6.07) is 7.57. The van der Waals surface area contributed by atoms with Gasteiger partial charge in [-0.3, -0.25) is 4.79 Å². The zero-order valence-corrected chi connectivity index (χ0v) is 17.2. The molecule has 1 aromatic rings. The van der Waals surface area contributed by atoms with Gasteiger partial charge in [-0.15, -0.1) is 0 Å². The van der Waals surface area contributed by atoms with E-state index in [-0.39, 0.29) is 5.97 Å². The van der Waals surface area contributed by atoms with Crippen LogP contribution in [0.2, 0.25) is 0 Å². The number of carbonyl (C=O) groups excluding carboxylic acids is 1. The van der Waals surface area contributed by atoms with Crippen molar-refractivity contribution in [1.29, 1.82) is 0 Å². The normalized spacial score (nSPS) is 41.1. The molecule has 4 aliphatic carbocycles. The van der Waals surface area contributed by atoms with Gasteiger partial charge in [0.25, 0.3) is 5.79 Å². The molecule has 5 nitrogen and oxygen atoms in total. The van der Waals surface area contributed by atoms with Gasteiger partial charge in [0, 0.05) is 12.7 Å². The molecular weight excluding hydrogens is 356 g/mol. The minimum Gasteiger partial charge on any atom is -0.426 e. The smallest absolute Gasteiger partial charge is 0.316 e. The lowest BCUT2D eigenvalue weighted by atomic mass is 9.47. The minimum atomic E-state index is -0.931. The van der Waals surface area contributed by atoms with Crippen molar-refractivity contribution < 1.29 is 24.0 Å². The molecular formula is C23H30O5. The van der Waals surface area contributed by atoms with Crippen LogP contribution in [0.5, 0.6) is 5.75 Å². The molecule has 0 N–H and O–H groups in total. The average molecular weight is 386 g/mol. The van der Waals surface area contributed by atoms with Crippen LogP contribution >= 0.6 is 0 Å². The van der Waals surface area contributed by atoms with Crippen LogP contribution in [0.3, 0.4) is 0 Å². The Morgan fingerprint density at radius 3 is 2.18 bits per heavy atom. The Morgan fingerprint density at radius 1 is 1.04 bits per heavy atom. The van der Waals surface area contributed by atoms with Gasteiger partial charge < -0.3 is 9.47 Å². The Balaban J connectivity index is 1.50. The van der Waals surface area contributed by atoms with E-state index in [2.05, 4.69) is 0 Å². The molecule has 1 aromatic carbocycles. The van der Waals surface area contributed by atoms with Crippen molar-refractivity contribution in [2.45, 2.75) is 64.3 Å². The van der Waals surface area contributed by atoms with Gasteiger partial charge in [-0.25, -0.2) is 4.89 Å². The molecule has 0 amide bonds. The van der Waals surface area contributed by atoms with Crippen LogP contribution in [0.4, 0.5) is 0 Å². The fourth-order valence-corrected chi connectivity index (χ4v) is 6.38. The molecule has 4 bridgehead atoms. The third-order valence-electron chi connectivity index (χ3n) is 7.49. The summed E-state index contributed by atoms with van der Waals surface area (Å²) in [4.78, 5) is 24.1. The SMILES string of the molecule is COC1(c2cccc(OC(=O)C(C)(C)C)c2)OOC12C1CC3CC(C1)CC2C3. The molecule has 4 saturated carbocycles. The topological polar surface area (TPSA) is 54.0 Å². The molecule has 0 aromatic heterocycles. The second-order valence-electron chi connectivity index (χ2n) is 10.3. The average Bonchev–Trinajstić information content (AvgIpc) is 2.60. The highest BCUT2D eigenvalue weighted by Crippen LogP contribution is 2.69. The van der Waals surface area contributed by atoms with Gasteiger partial charge in [-0.1, -0.05) is 12.1 Å². The molecule has 0 radical (unpaired) electrons. The summed E-state index contributed by atoms with van der Waals surface area (Å²) < 4.78 is 11.7. The number of hydrogen-bond acceptors (Lipinski definition) is 5. The highest BCUT2D eigenvalue weighted by atomic mass is 17.3. The summed E-state index contributed by atoms with van der Waals surface area (Å²) in [5.41, 5.74) is -0.122. The second kappa shape index (κ2) is 6.04. The van der Waals surface area contributed by atoms with Crippen molar-refractivity contribution in [2.75, 3.05) is 7.11 Å². The lowest BCUT2D eigenvalue weighted by Gasteiger charge is -2.68. The number of hydrogen-bond donors (Lipinski definition) is 0. The van der Waals surface area contributed by atoms with Crippen LogP contribution in [0.1, 0.15) is 58.4 Å². The monoisotopic (exact) mass is 386 g/mol. The lowest BCUT2D eigenvalue weighted by Crippen LogP contribution is -2.76. The van der Waals surface area contributed by atoms with Crippen LogP contribution in [0.25, 0.3) is 0 Å². The molecule has 1 saturated heterocycles. The van der Waals surface area contributed by atoms with Gasteiger partial charge >= 0.3 is 5.97 Å². The summed E-state index contributed by atoms with van der Waals surface area (Å²) in [6.07, 6.45) is 6.16. The molecule has 5 aliphatic rings. The molecule has 28 heavy (non-hydrogen) atoms. The fourth-order valence-electron chi connectivity index (χ4n) is 6.38. The highest BCUT2D eigenvalue weighted by molar-refractivity contribution is 5.77. The first-order valence-electron chi connectivity index (χ1n) is 10.5. The Morgan fingerprint density at radius 2 is 1.68 bits per heavy atom. The van der Waals surface area contributed by atoms with E-state index in [1.165, 1.54) is 32.1 Å². The van der Waals surface area contributed by atoms with Crippen molar-refractivity contribution >= 4 is 5.97 Å². The van der Waals surface area contributed by atoms with Crippen molar-refractivity contribution in [2.24, 2.45) is 29.1 Å². The van der Waals surface area contributed by atoms with Crippen LogP contribution < -0.4 is 4.74 Å². The third kappa shape index (κ3) is 2.39. The Kier molecular flexibility index (Phi) is 4.01. The summed E-state index contributed by atoms with van der Waals surface area (Å²) in [5.74, 6) is 1.89. The first-order valence-corrected chi connectivity index (χ1v) is 10.5. The van der Waals surface area contributed by atoms with E-state index in [1.54, 1.807) is 13.2 Å². The molecule has 1 spiro atoms. The maximum atomic E-state index is 12.3. The Bertz CT molecular complexity index is 762. The minimum absolute atomic E-state index is 0.258. The van der Waals surface area contributed by atoms with E-state index >= 15 is 0 Å². The summed E-state index contributed by atoms with van der Waals surface area (Å²) in [6.45, 7) is 5.55. The van der Waals surface area contributed by atoms with E-state index in [4.69, 9.17) is 19.2 Å². The largest absolute Gasteiger partial charge is 0.426 e. The number of carbonyl (C=O) groups is 1. The van der Waals surface area contributed by atoms with Gasteiger partial charge in [-0.2, -0.15) is 4.89 Å². The quantitative estimate of drug-likeness (QED) is 0.432. The van der Waals surface area contributed by atoms with E-state index in [0.29, 0.717) is 17.6 Å². The number of esters is 1. The highest BCUT2D eigenvalue weighted by Gasteiger charge is 2.76. The van der Waals surface area contributed by atoms with E-state index < -0.39 is 16.8 Å². The van der Waals surface area contributed by atoms with E-state index in [9.17, 15) is 4.79 Å². The van der Waals surface area contributed by atoms with Crippen LogP contribution in [-0.4, -0.2) is 18.7 Å². The third-order valence-corrected chi connectivity index (χ3v) is 7.49. The number of benzene rings is 1. The molecule has 1 unspecified atom stereocenters. The number of methoxy groups -OCH3 is 1. The maximum absolute atomic E-state index is 12.3. The molecule has 5 fully saturated rings. The standard InChI is InChI=1S/C23H30O5/c1-21(2,3)20(24)26-19-7-5-6-16(13-19)23(25-4)22(27-28-23)17-9-14-8-15(11-17)12-18(22)10-14/h5-7,13-15,17-18H,8-12H2,1-4H3. The van der Waals surface area contributed by atoms with Crippen molar-refractivity contribution in [3.63, 3.8) is 0 Å². The van der Waals surface area contributed by atoms with E-state index in [0.717, 1.165) is 17.4 Å². The zero-order chi connectivity index (χ0) is 19.7. The zero-order valence-electron chi connectivity index (χ0n) is 17.2. The lowest BCUT2D eigenvalue weighted by molar-refractivity contribution is -0.645. The van der Waals surface area contributed by atoms with E-state index in [1.807, 2.05) is 39.0 Å². The second-order valence-corrected chi connectivity index (χ2v) is 10.3. The number of rotatable bonds is 3. The Hall–Kier alpha value is -1.43. The molecule has 5 heteroatoms. The molecule has 1 aliphatic heterocycles. The predicted molar refractivity (Wildman–Crippen MR) is 102 cm³/mol. The first kappa shape index (κ1) is 18.6. The van der Waals surface area contributed by atoms with Crippen LogP contribution in [-0.2, 0) is 25.1 Å². The first-order chi connectivity index (χ1) is 13.3. The van der Waals surface area contributed by atoms with Crippen molar-refractivity contribution in [3.05, 3.63) is 29.8 Å².